The maximum absolute atomic E-state index is 14.0. The molecule has 0 spiro atoms. The van der Waals surface area contributed by atoms with Gasteiger partial charge in [0.1, 0.15) is 5.75 Å². The molecule has 2 heterocycles. The van der Waals surface area contributed by atoms with Gasteiger partial charge in [-0.1, -0.05) is 84.9 Å². The third-order valence-corrected chi connectivity index (χ3v) is 7.68. The van der Waals surface area contributed by atoms with Crippen molar-refractivity contribution in [1.29, 1.82) is 0 Å². The van der Waals surface area contributed by atoms with Gasteiger partial charge in [0.25, 0.3) is 0 Å². The number of benzene rings is 4. The molecule has 0 N–H and O–H groups in total. The summed E-state index contributed by atoms with van der Waals surface area (Å²) < 4.78 is 5.82. The zero-order valence-corrected chi connectivity index (χ0v) is 19.2. The molecule has 174 valence electrons. The highest BCUT2D eigenvalue weighted by molar-refractivity contribution is 6.25. The van der Waals surface area contributed by atoms with Crippen LogP contribution < -0.4 is 9.64 Å². The third-order valence-electron chi connectivity index (χ3n) is 7.68. The van der Waals surface area contributed by atoms with Crippen LogP contribution in [0.1, 0.15) is 17.0 Å². The first-order valence-electron chi connectivity index (χ1n) is 12.1. The van der Waals surface area contributed by atoms with Crippen LogP contribution in [0, 0.1) is 17.8 Å². The summed E-state index contributed by atoms with van der Waals surface area (Å²) >= 11 is 0. The largest absolute Gasteiger partial charge is 0.425 e. The number of fused-ring (bicyclic) bond motifs is 7. The summed E-state index contributed by atoms with van der Waals surface area (Å²) in [6, 6.07) is 30.4. The Hall–Kier alpha value is -4.51. The molecule has 5 nitrogen and oxygen atoms in total. The van der Waals surface area contributed by atoms with Crippen molar-refractivity contribution >= 4 is 39.8 Å². The number of hydrogen-bond donors (Lipinski definition) is 0. The number of carbonyl (C=O) groups excluding carboxylic acids is 3. The quantitative estimate of drug-likeness (QED) is 0.224. The van der Waals surface area contributed by atoms with E-state index >= 15 is 0 Å². The van der Waals surface area contributed by atoms with E-state index < -0.39 is 23.7 Å². The summed E-state index contributed by atoms with van der Waals surface area (Å²) in [7, 11) is 0. The Balaban J connectivity index is 1.48. The highest BCUT2D eigenvalue weighted by Crippen LogP contribution is 2.55. The molecular weight excluding hydrogens is 450 g/mol. The van der Waals surface area contributed by atoms with Gasteiger partial charge in [-0.2, -0.15) is 0 Å². The molecule has 1 fully saturated rings. The lowest BCUT2D eigenvalue weighted by Crippen LogP contribution is -2.42. The maximum atomic E-state index is 14.0. The molecule has 7 rings (SSSR count). The number of imide groups is 1. The van der Waals surface area contributed by atoms with Gasteiger partial charge in [-0.25, -0.2) is 4.90 Å². The molecular formula is C31H21NO4. The number of carbonyl (C=O) groups is 3. The zero-order valence-electron chi connectivity index (χ0n) is 19.2. The number of anilines is 1. The molecule has 0 radical (unpaired) electrons. The number of ether oxygens (including phenoxy) is 1. The van der Waals surface area contributed by atoms with Gasteiger partial charge in [0.2, 0.25) is 11.8 Å². The van der Waals surface area contributed by atoms with Gasteiger partial charge in [0, 0.05) is 11.5 Å². The van der Waals surface area contributed by atoms with Crippen molar-refractivity contribution in [3.05, 3.63) is 114 Å². The average molecular weight is 472 g/mol. The van der Waals surface area contributed by atoms with Crippen molar-refractivity contribution in [2.24, 2.45) is 17.8 Å². The second-order valence-corrected chi connectivity index (χ2v) is 9.52. The number of nitrogens with zero attached hydrogens (tertiary/aromatic N) is 1. The molecule has 0 saturated carbocycles. The Morgan fingerprint density at radius 1 is 0.667 bits per heavy atom. The van der Waals surface area contributed by atoms with E-state index in [-0.39, 0.29) is 17.7 Å². The first kappa shape index (κ1) is 20.8. The molecule has 1 aliphatic carbocycles. The van der Waals surface area contributed by atoms with E-state index in [0.29, 0.717) is 11.4 Å². The standard InChI is InChI=1S/C31H21NO4/c33-29-26-22(18-9-3-1-4-10-18)17-23-25-21-14-8-7-11-19(21)15-16-24(25)36-31(35)27(23)28(26)30(34)32(29)20-12-5-2-6-13-20/h1-17,22,26-28H/t22-,26+,27+,28-/m1/s1. The average Bonchev–Trinajstić information content (AvgIpc) is 3.18. The first-order valence-corrected chi connectivity index (χ1v) is 12.1. The highest BCUT2D eigenvalue weighted by Gasteiger charge is 2.60. The van der Waals surface area contributed by atoms with E-state index in [4.69, 9.17) is 4.74 Å². The zero-order chi connectivity index (χ0) is 24.4. The number of rotatable bonds is 2. The second-order valence-electron chi connectivity index (χ2n) is 9.52. The summed E-state index contributed by atoms with van der Waals surface area (Å²) in [5.41, 5.74) is 3.06. The van der Waals surface area contributed by atoms with Crippen LogP contribution in [0.25, 0.3) is 16.3 Å². The van der Waals surface area contributed by atoms with E-state index in [1.807, 2.05) is 78.9 Å². The van der Waals surface area contributed by atoms with Crippen molar-refractivity contribution in [1.82, 2.24) is 0 Å². The minimum absolute atomic E-state index is 0.281. The minimum atomic E-state index is -0.849. The van der Waals surface area contributed by atoms with Gasteiger partial charge in [0.05, 0.1) is 23.4 Å². The number of hydrogen-bond acceptors (Lipinski definition) is 4. The van der Waals surface area contributed by atoms with Gasteiger partial charge in [-0.3, -0.25) is 14.4 Å². The van der Waals surface area contributed by atoms with Gasteiger partial charge in [0.15, 0.2) is 0 Å². The smallest absolute Gasteiger partial charge is 0.319 e. The van der Waals surface area contributed by atoms with Crippen molar-refractivity contribution in [3.8, 4) is 5.75 Å². The summed E-state index contributed by atoms with van der Waals surface area (Å²) in [4.78, 5) is 42.6. The molecule has 3 aliphatic rings. The Bertz CT molecular complexity index is 1590. The monoisotopic (exact) mass is 471 g/mol. The summed E-state index contributed by atoms with van der Waals surface area (Å²) in [6.45, 7) is 0. The lowest BCUT2D eigenvalue weighted by molar-refractivity contribution is -0.142. The molecule has 4 atom stereocenters. The molecule has 4 aromatic carbocycles. The summed E-state index contributed by atoms with van der Waals surface area (Å²) in [5, 5.41) is 1.98. The molecule has 2 aliphatic heterocycles. The highest BCUT2D eigenvalue weighted by atomic mass is 16.5. The molecule has 4 aromatic rings. The van der Waals surface area contributed by atoms with E-state index in [2.05, 4.69) is 0 Å². The Morgan fingerprint density at radius 3 is 2.11 bits per heavy atom. The minimum Gasteiger partial charge on any atom is -0.425 e. The molecule has 2 amide bonds. The topological polar surface area (TPSA) is 63.7 Å². The van der Waals surface area contributed by atoms with Gasteiger partial charge >= 0.3 is 5.97 Å². The van der Waals surface area contributed by atoms with Crippen LogP contribution in [0.3, 0.4) is 0 Å². The summed E-state index contributed by atoms with van der Waals surface area (Å²) in [5.74, 6) is -3.38. The molecule has 0 bridgehead atoms. The fourth-order valence-corrected chi connectivity index (χ4v) is 6.16. The summed E-state index contributed by atoms with van der Waals surface area (Å²) in [6.07, 6.45) is 2.03. The second kappa shape index (κ2) is 7.75. The van der Waals surface area contributed by atoms with Crippen molar-refractivity contribution in [3.63, 3.8) is 0 Å². The van der Waals surface area contributed by atoms with Crippen molar-refractivity contribution in [2.45, 2.75) is 5.92 Å². The SMILES string of the molecule is O=C1Oc2ccc3ccccc3c2C2=C[C@H](c3ccccc3)[C@@H]3C(=O)N(c4ccccc4)C(=O)[C@H]3[C@@H]12. The number of para-hydroxylation sites is 1. The lowest BCUT2D eigenvalue weighted by Gasteiger charge is -2.38. The predicted octanol–water partition coefficient (Wildman–Crippen LogP) is 5.36. The number of allylic oxidation sites excluding steroid dienone is 1. The Kier molecular flexibility index (Phi) is 4.48. The van der Waals surface area contributed by atoms with Crippen molar-refractivity contribution < 1.29 is 19.1 Å². The molecule has 36 heavy (non-hydrogen) atoms. The van der Waals surface area contributed by atoms with Crippen molar-refractivity contribution in [2.75, 3.05) is 4.90 Å². The Labute approximate surface area is 207 Å². The molecule has 1 saturated heterocycles. The fraction of sp³-hybridized carbons (Fsp3) is 0.129. The van der Waals surface area contributed by atoms with Crippen LogP contribution in [0.4, 0.5) is 5.69 Å². The van der Waals surface area contributed by atoms with E-state index in [1.54, 1.807) is 24.3 Å². The number of amides is 2. The maximum Gasteiger partial charge on any atom is 0.319 e. The van der Waals surface area contributed by atoms with Crippen LogP contribution in [0.15, 0.2) is 103 Å². The lowest BCUT2D eigenvalue weighted by atomic mass is 9.64. The molecule has 0 aromatic heterocycles. The van der Waals surface area contributed by atoms with Crippen LogP contribution in [0.5, 0.6) is 5.75 Å². The first-order chi connectivity index (χ1) is 17.6. The molecule has 5 heteroatoms. The Morgan fingerprint density at radius 2 is 1.33 bits per heavy atom. The van der Waals surface area contributed by atoms with E-state index in [1.165, 1.54) is 4.90 Å². The van der Waals surface area contributed by atoms with E-state index in [9.17, 15) is 14.4 Å². The van der Waals surface area contributed by atoms with Crippen LogP contribution in [0.2, 0.25) is 0 Å². The number of esters is 1. The third kappa shape index (κ3) is 2.86. The van der Waals surface area contributed by atoms with Crippen LogP contribution in [-0.4, -0.2) is 17.8 Å². The predicted molar refractivity (Wildman–Crippen MR) is 136 cm³/mol. The van der Waals surface area contributed by atoms with Gasteiger partial charge < -0.3 is 4.74 Å². The normalized spacial score (nSPS) is 24.6. The van der Waals surface area contributed by atoms with Crippen LogP contribution >= 0.6 is 0 Å². The van der Waals surface area contributed by atoms with Gasteiger partial charge in [-0.05, 0) is 40.1 Å². The van der Waals surface area contributed by atoms with Crippen LogP contribution in [-0.2, 0) is 14.4 Å². The van der Waals surface area contributed by atoms with E-state index in [0.717, 1.165) is 27.5 Å². The fourth-order valence-electron chi connectivity index (χ4n) is 6.16. The van der Waals surface area contributed by atoms with Gasteiger partial charge in [-0.15, -0.1) is 0 Å². The molecule has 0 unspecified atom stereocenters.